The van der Waals surface area contributed by atoms with Crippen LogP contribution in [0.2, 0.25) is 0 Å². The summed E-state index contributed by atoms with van der Waals surface area (Å²) in [4.78, 5) is 31.7. The van der Waals surface area contributed by atoms with Crippen molar-refractivity contribution >= 4 is 11.8 Å². The predicted octanol–water partition coefficient (Wildman–Crippen LogP) is 2.49. The number of hydrogen-bond acceptors (Lipinski definition) is 6. The Morgan fingerprint density at radius 1 is 0.938 bits per heavy atom. The van der Waals surface area contributed by atoms with E-state index in [4.69, 9.17) is 13.9 Å². The molecular formula is C24H31N3O5. The maximum absolute atomic E-state index is 13.0. The van der Waals surface area contributed by atoms with Gasteiger partial charge in [-0.2, -0.15) is 0 Å². The Morgan fingerprint density at radius 2 is 1.66 bits per heavy atom. The number of methoxy groups -OCH3 is 2. The van der Waals surface area contributed by atoms with Crippen molar-refractivity contribution in [3.05, 3.63) is 47.9 Å². The van der Waals surface area contributed by atoms with E-state index in [2.05, 4.69) is 11.0 Å². The van der Waals surface area contributed by atoms with E-state index < -0.39 is 0 Å². The first-order valence-corrected chi connectivity index (χ1v) is 11.1. The van der Waals surface area contributed by atoms with E-state index in [9.17, 15) is 9.59 Å². The minimum absolute atomic E-state index is 0.000740. The average Bonchev–Trinajstić information content (AvgIpc) is 3.39. The van der Waals surface area contributed by atoms with E-state index in [0.29, 0.717) is 31.5 Å². The molecule has 4 rings (SSSR count). The number of nitrogens with zero attached hydrogens (tertiary/aromatic N) is 3. The van der Waals surface area contributed by atoms with Gasteiger partial charge < -0.3 is 23.7 Å². The van der Waals surface area contributed by atoms with Gasteiger partial charge in [0.15, 0.2) is 11.5 Å². The average molecular weight is 442 g/mol. The molecule has 3 heterocycles. The van der Waals surface area contributed by atoms with E-state index in [1.807, 2.05) is 21.9 Å². The molecule has 8 nitrogen and oxygen atoms in total. The molecule has 0 radical (unpaired) electrons. The van der Waals surface area contributed by atoms with Crippen molar-refractivity contribution in [3.63, 3.8) is 0 Å². The van der Waals surface area contributed by atoms with Crippen molar-refractivity contribution in [1.82, 2.24) is 14.7 Å². The third kappa shape index (κ3) is 4.91. The summed E-state index contributed by atoms with van der Waals surface area (Å²) in [5, 5.41) is 0. The van der Waals surface area contributed by atoms with Gasteiger partial charge in [0.25, 0.3) is 5.91 Å². The van der Waals surface area contributed by atoms with Crippen molar-refractivity contribution in [2.45, 2.75) is 19.4 Å². The molecule has 2 amide bonds. The minimum Gasteiger partial charge on any atom is -0.493 e. The summed E-state index contributed by atoms with van der Waals surface area (Å²) < 4.78 is 15.7. The van der Waals surface area contributed by atoms with Gasteiger partial charge in [-0.25, -0.2) is 0 Å². The van der Waals surface area contributed by atoms with Crippen LogP contribution < -0.4 is 9.47 Å². The quantitative estimate of drug-likeness (QED) is 0.686. The third-order valence-electron chi connectivity index (χ3n) is 6.44. The summed E-state index contributed by atoms with van der Waals surface area (Å²) in [5.41, 5.74) is 1.73. The van der Waals surface area contributed by atoms with E-state index in [-0.39, 0.29) is 17.7 Å². The molecule has 8 heteroatoms. The van der Waals surface area contributed by atoms with Crippen LogP contribution in [0.4, 0.5) is 0 Å². The molecule has 1 aromatic carbocycles. The van der Waals surface area contributed by atoms with E-state index in [1.54, 1.807) is 20.3 Å². The highest BCUT2D eigenvalue weighted by molar-refractivity contribution is 5.94. The smallest absolute Gasteiger partial charge is 0.257 e. The summed E-state index contributed by atoms with van der Waals surface area (Å²) in [6, 6.07) is 7.67. The summed E-state index contributed by atoms with van der Waals surface area (Å²) >= 11 is 0. The Balaban J connectivity index is 1.24. The molecule has 0 spiro atoms. The van der Waals surface area contributed by atoms with Crippen LogP contribution >= 0.6 is 0 Å². The lowest BCUT2D eigenvalue weighted by molar-refractivity contribution is -0.138. The Morgan fingerprint density at radius 3 is 2.28 bits per heavy atom. The lowest BCUT2D eigenvalue weighted by Crippen LogP contribution is -2.51. The monoisotopic (exact) mass is 441 g/mol. The topological polar surface area (TPSA) is 75.5 Å². The minimum atomic E-state index is -0.0200. The summed E-state index contributed by atoms with van der Waals surface area (Å²) in [7, 11) is 3.28. The molecular weight excluding hydrogens is 410 g/mol. The molecule has 0 bridgehead atoms. The molecule has 2 saturated heterocycles. The third-order valence-corrected chi connectivity index (χ3v) is 6.44. The fourth-order valence-corrected chi connectivity index (χ4v) is 4.52. The zero-order valence-corrected chi connectivity index (χ0v) is 18.8. The standard InChI is InChI=1S/C24H31N3O5/c1-30-21-4-3-18(15-22(21)31-2)16-25-10-12-27(13-11-25)23(28)19-5-8-26(9-6-19)24(29)20-7-14-32-17-20/h3-4,7,14-15,17,19H,5-6,8-13,16H2,1-2H3. The first kappa shape index (κ1) is 22.2. The van der Waals surface area contributed by atoms with Gasteiger partial charge in [0.2, 0.25) is 5.91 Å². The van der Waals surface area contributed by atoms with Gasteiger partial charge in [-0.05, 0) is 36.6 Å². The predicted molar refractivity (Wildman–Crippen MR) is 119 cm³/mol. The Kier molecular flexibility index (Phi) is 6.99. The number of hydrogen-bond donors (Lipinski definition) is 0. The van der Waals surface area contributed by atoms with Crippen LogP contribution in [-0.2, 0) is 11.3 Å². The van der Waals surface area contributed by atoms with Gasteiger partial charge in [-0.3, -0.25) is 14.5 Å². The first-order valence-electron chi connectivity index (χ1n) is 11.1. The molecule has 0 atom stereocenters. The second-order valence-corrected chi connectivity index (χ2v) is 8.37. The molecule has 32 heavy (non-hydrogen) atoms. The molecule has 0 N–H and O–H groups in total. The van der Waals surface area contributed by atoms with Gasteiger partial charge in [0.1, 0.15) is 6.26 Å². The fraction of sp³-hybridized carbons (Fsp3) is 0.500. The van der Waals surface area contributed by atoms with Gasteiger partial charge in [-0.15, -0.1) is 0 Å². The maximum atomic E-state index is 13.0. The molecule has 2 aliphatic heterocycles. The number of piperazine rings is 1. The van der Waals surface area contributed by atoms with E-state index in [0.717, 1.165) is 49.8 Å². The zero-order valence-electron chi connectivity index (χ0n) is 18.8. The molecule has 2 fully saturated rings. The lowest BCUT2D eigenvalue weighted by Gasteiger charge is -2.38. The Bertz CT molecular complexity index is 914. The number of furan rings is 1. The van der Waals surface area contributed by atoms with Crippen LogP contribution in [0.3, 0.4) is 0 Å². The molecule has 0 unspecified atom stereocenters. The lowest BCUT2D eigenvalue weighted by atomic mass is 9.94. The summed E-state index contributed by atoms with van der Waals surface area (Å²) in [5.74, 6) is 1.67. The van der Waals surface area contributed by atoms with Gasteiger partial charge in [0, 0.05) is 51.7 Å². The van der Waals surface area contributed by atoms with Crippen molar-refractivity contribution in [1.29, 1.82) is 0 Å². The van der Waals surface area contributed by atoms with E-state index in [1.165, 1.54) is 12.5 Å². The van der Waals surface area contributed by atoms with Crippen LogP contribution in [0, 0.1) is 5.92 Å². The molecule has 1 aromatic heterocycles. The number of benzene rings is 1. The van der Waals surface area contributed by atoms with Gasteiger partial charge in [-0.1, -0.05) is 6.07 Å². The highest BCUT2D eigenvalue weighted by Gasteiger charge is 2.32. The molecule has 2 aromatic rings. The number of likely N-dealkylation sites (tertiary alicyclic amines) is 1. The number of ether oxygens (including phenoxy) is 2. The zero-order chi connectivity index (χ0) is 22.5. The van der Waals surface area contributed by atoms with Crippen molar-refractivity contribution in [3.8, 4) is 11.5 Å². The number of rotatable bonds is 6. The van der Waals surface area contributed by atoms with E-state index >= 15 is 0 Å². The van der Waals surface area contributed by atoms with Crippen LogP contribution in [0.1, 0.15) is 28.8 Å². The Labute approximate surface area is 188 Å². The summed E-state index contributed by atoms with van der Waals surface area (Å²) in [6.45, 7) is 5.20. The highest BCUT2D eigenvalue weighted by Crippen LogP contribution is 2.28. The van der Waals surface area contributed by atoms with Crippen LogP contribution in [0.25, 0.3) is 0 Å². The largest absolute Gasteiger partial charge is 0.493 e. The van der Waals surface area contributed by atoms with Crippen molar-refractivity contribution < 1.29 is 23.5 Å². The highest BCUT2D eigenvalue weighted by atomic mass is 16.5. The number of amides is 2. The van der Waals surface area contributed by atoms with Crippen LogP contribution in [-0.4, -0.2) is 80.0 Å². The SMILES string of the molecule is COc1ccc(CN2CCN(C(=O)C3CCN(C(=O)c4ccoc4)CC3)CC2)cc1OC. The normalized spacial score (nSPS) is 17.9. The van der Waals surface area contributed by atoms with Crippen LogP contribution in [0.5, 0.6) is 11.5 Å². The van der Waals surface area contributed by atoms with Gasteiger partial charge >= 0.3 is 0 Å². The Hall–Kier alpha value is -3.00. The molecule has 0 aliphatic carbocycles. The number of piperidine rings is 1. The maximum Gasteiger partial charge on any atom is 0.257 e. The molecule has 2 aliphatic rings. The van der Waals surface area contributed by atoms with Crippen LogP contribution in [0.15, 0.2) is 41.2 Å². The fourth-order valence-electron chi connectivity index (χ4n) is 4.52. The molecule has 172 valence electrons. The second kappa shape index (κ2) is 10.1. The summed E-state index contributed by atoms with van der Waals surface area (Å²) in [6.07, 6.45) is 4.41. The van der Waals surface area contributed by atoms with Crippen molar-refractivity contribution in [2.75, 3.05) is 53.5 Å². The number of carbonyl (C=O) groups is 2. The number of carbonyl (C=O) groups excluding carboxylic acids is 2. The molecule has 0 saturated carbocycles. The first-order chi connectivity index (χ1) is 15.6. The van der Waals surface area contributed by atoms with Crippen molar-refractivity contribution in [2.24, 2.45) is 5.92 Å². The van der Waals surface area contributed by atoms with Gasteiger partial charge in [0.05, 0.1) is 26.0 Å². The second-order valence-electron chi connectivity index (χ2n) is 8.37.